The van der Waals surface area contributed by atoms with Crippen molar-refractivity contribution in [2.45, 2.75) is 38.4 Å². The number of carbonyl (C=O) groups excluding carboxylic acids is 1. The summed E-state index contributed by atoms with van der Waals surface area (Å²) in [5.74, 6) is -1.02. The first-order chi connectivity index (χ1) is 8.06. The largest absolute Gasteiger partial charge is 0.390 e. The summed E-state index contributed by atoms with van der Waals surface area (Å²) in [4.78, 5) is 11.7. The van der Waals surface area contributed by atoms with Crippen LogP contribution in [-0.2, 0) is 0 Å². The van der Waals surface area contributed by atoms with Gasteiger partial charge in [0.25, 0.3) is 0 Å². The van der Waals surface area contributed by atoms with Crippen LogP contribution in [0.2, 0.25) is 0 Å². The quantitative estimate of drug-likeness (QED) is 0.747. The molecule has 2 N–H and O–H groups in total. The number of aliphatic hydroxyl groups is 2. The van der Waals surface area contributed by atoms with E-state index < -0.39 is 23.8 Å². The maximum atomic E-state index is 12.7. The fourth-order valence-electron chi connectivity index (χ4n) is 1.53. The Morgan fingerprint density at radius 1 is 1.29 bits per heavy atom. The van der Waals surface area contributed by atoms with Crippen LogP contribution in [0.3, 0.4) is 0 Å². The van der Waals surface area contributed by atoms with E-state index in [9.17, 15) is 19.4 Å². The van der Waals surface area contributed by atoms with Gasteiger partial charge in [-0.25, -0.2) is 4.39 Å². The fraction of sp³-hybridized carbons (Fsp3) is 0.462. The zero-order valence-electron chi connectivity index (χ0n) is 9.77. The minimum atomic E-state index is -1.44. The first-order valence-corrected chi connectivity index (χ1v) is 5.72. The number of hydrogen-bond acceptors (Lipinski definition) is 3. The molecule has 0 fully saturated rings. The lowest BCUT2D eigenvalue weighted by molar-refractivity contribution is 0.0169. The molecule has 1 aromatic rings. The minimum absolute atomic E-state index is 0.203. The summed E-state index contributed by atoms with van der Waals surface area (Å²) in [5.41, 5.74) is 0.203. The second kappa shape index (κ2) is 6.47. The zero-order valence-corrected chi connectivity index (χ0v) is 9.77. The average Bonchev–Trinajstić information content (AvgIpc) is 2.35. The highest BCUT2D eigenvalue weighted by molar-refractivity contribution is 5.99. The molecule has 0 spiro atoms. The monoisotopic (exact) mass is 240 g/mol. The molecule has 0 aliphatic heterocycles. The maximum Gasteiger partial charge on any atom is 0.193 e. The van der Waals surface area contributed by atoms with E-state index in [2.05, 4.69) is 0 Å². The molecule has 0 heterocycles. The van der Waals surface area contributed by atoms with Gasteiger partial charge in [-0.1, -0.05) is 19.8 Å². The molecule has 1 aromatic carbocycles. The standard InChI is InChI=1S/C13H17FO3/c1-2-3-4-11(15)13(17)12(16)9-5-7-10(14)8-6-9/h5-8,11,13,15,17H,2-4H2,1H3/t11-,13+/m1/s1. The summed E-state index contributed by atoms with van der Waals surface area (Å²) in [7, 11) is 0. The van der Waals surface area contributed by atoms with E-state index >= 15 is 0 Å². The number of rotatable bonds is 6. The zero-order chi connectivity index (χ0) is 12.8. The van der Waals surface area contributed by atoms with E-state index in [1.807, 2.05) is 6.92 Å². The second-order valence-electron chi connectivity index (χ2n) is 4.03. The molecule has 0 radical (unpaired) electrons. The van der Waals surface area contributed by atoms with Crippen LogP contribution in [0.25, 0.3) is 0 Å². The third kappa shape index (κ3) is 3.91. The van der Waals surface area contributed by atoms with Gasteiger partial charge in [-0.3, -0.25) is 4.79 Å². The topological polar surface area (TPSA) is 57.5 Å². The summed E-state index contributed by atoms with van der Waals surface area (Å²) in [5, 5.41) is 19.2. The van der Waals surface area contributed by atoms with Crippen LogP contribution in [0, 0.1) is 5.82 Å². The molecular formula is C13H17FO3. The van der Waals surface area contributed by atoms with E-state index in [0.717, 1.165) is 25.0 Å². The summed E-state index contributed by atoms with van der Waals surface area (Å²) < 4.78 is 12.7. The van der Waals surface area contributed by atoms with Crippen molar-refractivity contribution in [2.75, 3.05) is 0 Å². The van der Waals surface area contributed by atoms with Gasteiger partial charge in [-0.15, -0.1) is 0 Å². The highest BCUT2D eigenvalue weighted by Gasteiger charge is 2.24. The van der Waals surface area contributed by atoms with Crippen molar-refractivity contribution in [1.82, 2.24) is 0 Å². The third-order valence-electron chi connectivity index (χ3n) is 2.62. The lowest BCUT2D eigenvalue weighted by Gasteiger charge is -2.16. The Hall–Kier alpha value is -1.26. The van der Waals surface area contributed by atoms with Crippen molar-refractivity contribution in [2.24, 2.45) is 0 Å². The normalized spacial score (nSPS) is 14.4. The lowest BCUT2D eigenvalue weighted by atomic mass is 9.99. The summed E-state index contributed by atoms with van der Waals surface area (Å²) in [6.07, 6.45) is -0.492. The number of carbonyl (C=O) groups is 1. The third-order valence-corrected chi connectivity index (χ3v) is 2.62. The first kappa shape index (κ1) is 13.8. The van der Waals surface area contributed by atoms with Gasteiger partial charge in [-0.2, -0.15) is 0 Å². The molecule has 3 nitrogen and oxygen atoms in total. The van der Waals surface area contributed by atoms with Gasteiger partial charge in [0, 0.05) is 5.56 Å². The predicted molar refractivity (Wildman–Crippen MR) is 62.3 cm³/mol. The summed E-state index contributed by atoms with van der Waals surface area (Å²) in [6, 6.07) is 4.90. The van der Waals surface area contributed by atoms with Crippen molar-refractivity contribution in [1.29, 1.82) is 0 Å². The molecule has 0 aromatic heterocycles. The Morgan fingerprint density at radius 2 is 1.88 bits per heavy atom. The van der Waals surface area contributed by atoms with E-state index in [1.54, 1.807) is 0 Å². The average molecular weight is 240 g/mol. The highest BCUT2D eigenvalue weighted by atomic mass is 19.1. The number of unbranched alkanes of at least 4 members (excludes halogenated alkanes) is 1. The van der Waals surface area contributed by atoms with Crippen LogP contribution >= 0.6 is 0 Å². The number of aliphatic hydroxyl groups excluding tert-OH is 2. The van der Waals surface area contributed by atoms with Gasteiger partial charge >= 0.3 is 0 Å². The van der Waals surface area contributed by atoms with Crippen molar-refractivity contribution in [3.05, 3.63) is 35.6 Å². The maximum absolute atomic E-state index is 12.7. The molecule has 17 heavy (non-hydrogen) atoms. The molecule has 0 aliphatic carbocycles. The molecule has 0 aliphatic rings. The number of Topliss-reactive ketones (excluding diaryl/α,β-unsaturated/α-hetero) is 1. The molecule has 0 saturated carbocycles. The van der Waals surface area contributed by atoms with Crippen molar-refractivity contribution >= 4 is 5.78 Å². The summed E-state index contributed by atoms with van der Waals surface area (Å²) in [6.45, 7) is 1.96. The Balaban J connectivity index is 2.65. The second-order valence-corrected chi connectivity index (χ2v) is 4.03. The van der Waals surface area contributed by atoms with Crippen LogP contribution in [0.15, 0.2) is 24.3 Å². The predicted octanol–water partition coefficient (Wildman–Crippen LogP) is 1.92. The molecule has 0 bridgehead atoms. The Morgan fingerprint density at radius 3 is 2.41 bits per heavy atom. The van der Waals surface area contributed by atoms with Crippen LogP contribution in [-0.4, -0.2) is 28.2 Å². The molecule has 0 saturated heterocycles. The van der Waals surface area contributed by atoms with Crippen LogP contribution in [0.4, 0.5) is 4.39 Å². The molecule has 2 atom stereocenters. The van der Waals surface area contributed by atoms with Crippen LogP contribution < -0.4 is 0 Å². The Labute approximate surface area is 99.9 Å². The van der Waals surface area contributed by atoms with Gasteiger partial charge in [0.15, 0.2) is 5.78 Å². The fourth-order valence-corrected chi connectivity index (χ4v) is 1.53. The van der Waals surface area contributed by atoms with Gasteiger partial charge in [0.2, 0.25) is 0 Å². The SMILES string of the molecule is CCCC[C@@H](O)[C@H](O)C(=O)c1ccc(F)cc1. The van der Waals surface area contributed by atoms with Gasteiger partial charge in [0.1, 0.15) is 11.9 Å². The number of halogens is 1. The van der Waals surface area contributed by atoms with Crippen LogP contribution in [0.1, 0.15) is 36.5 Å². The molecule has 4 heteroatoms. The van der Waals surface area contributed by atoms with E-state index in [-0.39, 0.29) is 5.56 Å². The number of benzene rings is 1. The van der Waals surface area contributed by atoms with E-state index in [1.165, 1.54) is 12.1 Å². The van der Waals surface area contributed by atoms with Crippen LogP contribution in [0.5, 0.6) is 0 Å². The summed E-state index contributed by atoms with van der Waals surface area (Å²) >= 11 is 0. The highest BCUT2D eigenvalue weighted by Crippen LogP contribution is 2.11. The van der Waals surface area contributed by atoms with E-state index in [4.69, 9.17) is 0 Å². The molecular weight excluding hydrogens is 223 g/mol. The van der Waals surface area contributed by atoms with Crippen molar-refractivity contribution in [3.63, 3.8) is 0 Å². The molecule has 0 unspecified atom stereocenters. The van der Waals surface area contributed by atoms with Crippen molar-refractivity contribution < 1.29 is 19.4 Å². The van der Waals surface area contributed by atoms with Gasteiger partial charge in [0.05, 0.1) is 6.10 Å². The van der Waals surface area contributed by atoms with Gasteiger partial charge < -0.3 is 10.2 Å². The minimum Gasteiger partial charge on any atom is -0.390 e. The van der Waals surface area contributed by atoms with Crippen molar-refractivity contribution in [3.8, 4) is 0 Å². The number of ketones is 1. The lowest BCUT2D eigenvalue weighted by Crippen LogP contribution is -2.33. The Bertz CT molecular complexity index is 361. The number of hydrogen-bond donors (Lipinski definition) is 2. The molecule has 0 amide bonds. The van der Waals surface area contributed by atoms with E-state index in [0.29, 0.717) is 6.42 Å². The van der Waals surface area contributed by atoms with Gasteiger partial charge in [-0.05, 0) is 30.7 Å². The Kier molecular flexibility index (Phi) is 5.25. The molecule has 94 valence electrons. The molecule has 1 rings (SSSR count). The smallest absolute Gasteiger partial charge is 0.193 e. The first-order valence-electron chi connectivity index (χ1n) is 5.72.